The number of morpholine rings is 1. The van der Waals surface area contributed by atoms with Crippen molar-refractivity contribution in [1.29, 1.82) is 0 Å². The number of hydrogen-bond donors (Lipinski definition) is 3. The van der Waals surface area contributed by atoms with Gasteiger partial charge in [0.1, 0.15) is 11.6 Å². The predicted molar refractivity (Wildman–Crippen MR) is 119 cm³/mol. The van der Waals surface area contributed by atoms with Crippen LogP contribution in [0.25, 0.3) is 0 Å². The van der Waals surface area contributed by atoms with Crippen molar-refractivity contribution in [3.63, 3.8) is 0 Å². The van der Waals surface area contributed by atoms with E-state index in [1.807, 2.05) is 6.92 Å². The minimum Gasteiger partial charge on any atom is -0.493 e. The van der Waals surface area contributed by atoms with Gasteiger partial charge in [-0.25, -0.2) is 9.18 Å². The van der Waals surface area contributed by atoms with Crippen molar-refractivity contribution in [3.8, 4) is 5.75 Å². The molecular formula is C23H35F3N2O6. The molecule has 1 heterocycles. The topological polar surface area (TPSA) is 114 Å². The van der Waals surface area contributed by atoms with E-state index in [4.69, 9.17) is 19.9 Å². The Morgan fingerprint density at radius 3 is 2.62 bits per heavy atom. The summed E-state index contributed by atoms with van der Waals surface area (Å²) in [4.78, 5) is 13.0. The fourth-order valence-electron chi connectivity index (χ4n) is 3.73. The first-order valence-corrected chi connectivity index (χ1v) is 11.3. The lowest BCUT2D eigenvalue weighted by molar-refractivity contribution is -0.233. The van der Waals surface area contributed by atoms with E-state index in [1.165, 1.54) is 26.0 Å². The summed E-state index contributed by atoms with van der Waals surface area (Å²) >= 11 is 0. The number of nitrogens with two attached hydrogens (primary N) is 1. The van der Waals surface area contributed by atoms with Gasteiger partial charge in [0.15, 0.2) is 6.29 Å². The minimum absolute atomic E-state index is 0.0606. The molecule has 194 valence electrons. The van der Waals surface area contributed by atoms with E-state index in [0.29, 0.717) is 17.9 Å². The largest absolute Gasteiger partial charge is 0.493 e. The maximum absolute atomic E-state index is 14.0. The van der Waals surface area contributed by atoms with Gasteiger partial charge in [-0.05, 0) is 37.5 Å². The number of aliphatic hydroxyl groups is 1. The lowest BCUT2D eigenvalue weighted by Gasteiger charge is -2.45. The van der Waals surface area contributed by atoms with Crippen LogP contribution in [0, 0.1) is 11.2 Å². The van der Waals surface area contributed by atoms with E-state index < -0.39 is 61.2 Å². The molecule has 0 aromatic heterocycles. The molecule has 0 bridgehead atoms. The highest BCUT2D eigenvalue weighted by molar-refractivity contribution is 5.66. The highest BCUT2D eigenvalue weighted by atomic mass is 19.1. The van der Waals surface area contributed by atoms with Crippen molar-refractivity contribution in [1.82, 2.24) is 4.90 Å². The molecular weight excluding hydrogens is 457 g/mol. The second kappa shape index (κ2) is 12.6. The van der Waals surface area contributed by atoms with Crippen LogP contribution in [0.5, 0.6) is 5.75 Å². The van der Waals surface area contributed by atoms with Gasteiger partial charge in [-0.3, -0.25) is 13.7 Å². The van der Waals surface area contributed by atoms with Crippen molar-refractivity contribution in [2.24, 2.45) is 11.1 Å². The molecule has 1 aromatic rings. The molecule has 1 saturated heterocycles. The minimum atomic E-state index is -1.36. The molecule has 11 heteroatoms. The number of carboxylic acid groups (broad SMARTS) is 1. The molecule has 5 unspecified atom stereocenters. The normalized spacial score (nSPS) is 22.9. The van der Waals surface area contributed by atoms with Crippen molar-refractivity contribution in [2.45, 2.75) is 64.1 Å². The lowest BCUT2D eigenvalue weighted by Crippen LogP contribution is -2.64. The maximum Gasteiger partial charge on any atom is 0.408 e. The molecule has 0 spiro atoms. The third-order valence-electron chi connectivity index (χ3n) is 5.79. The summed E-state index contributed by atoms with van der Waals surface area (Å²) in [6, 6.07) is 1.29. The van der Waals surface area contributed by atoms with Crippen molar-refractivity contribution >= 4 is 6.09 Å². The molecule has 5 atom stereocenters. The van der Waals surface area contributed by atoms with Gasteiger partial charge in [-0.15, -0.1) is 0 Å². The second-order valence-corrected chi connectivity index (χ2v) is 9.09. The molecule has 2 rings (SSSR count). The van der Waals surface area contributed by atoms with Gasteiger partial charge in [0.05, 0.1) is 51.4 Å². The van der Waals surface area contributed by atoms with Gasteiger partial charge < -0.3 is 30.2 Å². The number of amides is 1. The fraction of sp³-hybridized carbons (Fsp3) is 0.696. The quantitative estimate of drug-likeness (QED) is 0.411. The average molecular weight is 493 g/mol. The molecule has 1 aromatic carbocycles. The van der Waals surface area contributed by atoms with Crippen LogP contribution in [0.15, 0.2) is 18.2 Å². The summed E-state index contributed by atoms with van der Waals surface area (Å²) in [5.41, 5.74) is 5.30. The predicted octanol–water partition coefficient (Wildman–Crippen LogP) is 2.90. The zero-order valence-corrected chi connectivity index (χ0v) is 19.8. The third kappa shape index (κ3) is 7.21. The van der Waals surface area contributed by atoms with Crippen LogP contribution in [0.3, 0.4) is 0 Å². The Labute approximate surface area is 197 Å². The molecule has 1 fully saturated rings. The standard InChI is InChI=1S/C23H35F3N2O6/c1-4-5-32-17-7-15(6-16(26)9-17)8-18(27)20(29)19-10-33-21(14(2)28(19)22(30)31)34-13-23(3,11-24)12-25/h6-7,9,14,18-21,29H,4-5,8,10-13,27H2,1-3H3,(H,30,31). The Bertz CT molecular complexity index is 798. The number of benzene rings is 1. The van der Waals surface area contributed by atoms with E-state index >= 15 is 0 Å². The molecule has 34 heavy (non-hydrogen) atoms. The molecule has 1 amide bonds. The van der Waals surface area contributed by atoms with Gasteiger partial charge >= 0.3 is 6.09 Å². The number of alkyl halides is 2. The number of aliphatic hydroxyl groups excluding tert-OH is 1. The molecule has 1 aliphatic heterocycles. The van der Waals surface area contributed by atoms with Crippen LogP contribution < -0.4 is 10.5 Å². The zero-order chi connectivity index (χ0) is 25.5. The highest BCUT2D eigenvalue weighted by Gasteiger charge is 2.44. The Morgan fingerprint density at radius 1 is 1.35 bits per heavy atom. The van der Waals surface area contributed by atoms with E-state index in [9.17, 15) is 28.2 Å². The van der Waals surface area contributed by atoms with Gasteiger partial charge in [-0.1, -0.05) is 13.8 Å². The summed E-state index contributed by atoms with van der Waals surface area (Å²) in [7, 11) is 0. The third-order valence-corrected chi connectivity index (χ3v) is 5.79. The van der Waals surface area contributed by atoms with Gasteiger partial charge in [-0.2, -0.15) is 0 Å². The van der Waals surface area contributed by atoms with E-state index in [0.717, 1.165) is 11.3 Å². The number of hydrogen-bond acceptors (Lipinski definition) is 6. The first-order valence-electron chi connectivity index (χ1n) is 11.3. The monoisotopic (exact) mass is 492 g/mol. The van der Waals surface area contributed by atoms with Crippen molar-refractivity contribution < 1.29 is 42.4 Å². The summed E-state index contributed by atoms with van der Waals surface area (Å²) in [6.45, 7) is 2.76. The summed E-state index contributed by atoms with van der Waals surface area (Å²) in [5.74, 6) is -0.172. The van der Waals surface area contributed by atoms with Crippen molar-refractivity contribution in [2.75, 3.05) is 33.2 Å². The highest BCUT2D eigenvalue weighted by Crippen LogP contribution is 2.27. The smallest absolute Gasteiger partial charge is 0.408 e. The fourth-order valence-corrected chi connectivity index (χ4v) is 3.73. The number of carbonyl (C=O) groups is 1. The van der Waals surface area contributed by atoms with Crippen LogP contribution >= 0.6 is 0 Å². The second-order valence-electron chi connectivity index (χ2n) is 9.09. The average Bonchev–Trinajstić information content (AvgIpc) is 2.80. The number of nitrogens with zero attached hydrogens (tertiary/aromatic N) is 1. The molecule has 1 aliphatic rings. The summed E-state index contributed by atoms with van der Waals surface area (Å²) in [5, 5.41) is 20.6. The Balaban J connectivity index is 2.09. The maximum atomic E-state index is 14.0. The molecule has 0 aliphatic carbocycles. The van der Waals surface area contributed by atoms with Crippen molar-refractivity contribution in [3.05, 3.63) is 29.6 Å². The van der Waals surface area contributed by atoms with Crippen LogP contribution in [-0.4, -0.2) is 84.9 Å². The van der Waals surface area contributed by atoms with Crippen LogP contribution in [0.1, 0.15) is 32.8 Å². The van der Waals surface area contributed by atoms with Crippen LogP contribution in [0.2, 0.25) is 0 Å². The molecule has 0 radical (unpaired) electrons. The van der Waals surface area contributed by atoms with E-state index in [-0.39, 0.29) is 19.6 Å². The van der Waals surface area contributed by atoms with Gasteiger partial charge in [0.25, 0.3) is 0 Å². The first-order chi connectivity index (χ1) is 16.0. The van der Waals surface area contributed by atoms with E-state index in [2.05, 4.69) is 0 Å². The van der Waals surface area contributed by atoms with Gasteiger partial charge in [0.2, 0.25) is 0 Å². The first kappa shape index (κ1) is 28.2. The Morgan fingerprint density at radius 2 is 2.03 bits per heavy atom. The zero-order valence-electron chi connectivity index (χ0n) is 19.8. The number of rotatable bonds is 12. The molecule has 0 saturated carbocycles. The van der Waals surface area contributed by atoms with Crippen LogP contribution in [-0.2, 0) is 15.9 Å². The lowest BCUT2D eigenvalue weighted by atomic mass is 9.94. The molecule has 8 nitrogen and oxygen atoms in total. The summed E-state index contributed by atoms with van der Waals surface area (Å²) < 4.78 is 56.7. The Kier molecular flexibility index (Phi) is 10.4. The number of halogens is 3. The van der Waals surface area contributed by atoms with Gasteiger partial charge in [0, 0.05) is 17.5 Å². The Hall–Kier alpha value is -2.08. The van der Waals surface area contributed by atoms with Crippen LogP contribution in [0.4, 0.5) is 18.0 Å². The summed E-state index contributed by atoms with van der Waals surface area (Å²) in [6.07, 6.45) is -2.94. The molecule has 4 N–H and O–H groups in total. The number of ether oxygens (including phenoxy) is 3. The SMILES string of the molecule is CCCOc1cc(F)cc(CC(N)C(O)C2COC(OCC(C)(CF)CF)C(C)N2C(=O)O)c1. The van der Waals surface area contributed by atoms with E-state index in [1.54, 1.807) is 6.07 Å².